The summed E-state index contributed by atoms with van der Waals surface area (Å²) in [6, 6.07) is -0.441. The van der Waals surface area contributed by atoms with Crippen LogP contribution in [-0.4, -0.2) is 67.4 Å². The average Bonchev–Trinajstić information content (AvgIpc) is 2.62. The van der Waals surface area contributed by atoms with Crippen molar-refractivity contribution in [1.29, 1.82) is 0 Å². The van der Waals surface area contributed by atoms with Crippen molar-refractivity contribution >= 4 is 43.4 Å². The Hall–Kier alpha value is 0.480. The maximum Gasteiger partial charge on any atom is 0.264 e. The molecule has 1 unspecified atom stereocenters. The smallest absolute Gasteiger partial charge is 0.264 e. The molecule has 0 amide bonds. The van der Waals surface area contributed by atoms with Gasteiger partial charge in [0.25, 0.3) is 9.06 Å². The number of hydrogen-bond donors (Lipinski definition) is 3. The Balaban J connectivity index is 4.80. The number of thiol groups is 2. The summed E-state index contributed by atoms with van der Waals surface area (Å²) in [5, 5.41) is 9.64. The van der Waals surface area contributed by atoms with E-state index in [1.54, 1.807) is 0 Å². The van der Waals surface area contributed by atoms with E-state index in [-0.39, 0.29) is 12.5 Å². The van der Waals surface area contributed by atoms with Gasteiger partial charge in [-0.2, -0.15) is 21.2 Å². The van der Waals surface area contributed by atoms with Gasteiger partial charge in [-0.3, -0.25) is 0 Å². The van der Waals surface area contributed by atoms with Gasteiger partial charge >= 0.3 is 0 Å². The monoisotopic (exact) mass is 506 g/mol. The first kappa shape index (κ1) is 30.5. The van der Waals surface area contributed by atoms with Gasteiger partial charge in [-0.15, -0.1) is 0 Å². The fourth-order valence-electron chi connectivity index (χ4n) is 3.10. The zero-order chi connectivity index (χ0) is 23.9. The number of nitrogens with zero attached hydrogens (tertiary/aromatic N) is 2. The highest BCUT2D eigenvalue weighted by Gasteiger charge is 2.33. The van der Waals surface area contributed by atoms with Crippen LogP contribution in [0.1, 0.15) is 73.1 Å². The van der Waals surface area contributed by atoms with E-state index in [0.717, 1.165) is 12.8 Å². The standard InChI is InChI=1S/C19H42N2O5S4/c1-15(2)8-10-17(14-22)20(6)29(23,24)18(27)11-9-16(3)12-13-19(4,5)21(7)30(25,26)28/h15-18,22,27H,8-14H2,1-7H3,(H,25,26,28)/t16?,17-,18-/m1/s1. The lowest BCUT2D eigenvalue weighted by atomic mass is 9.91. The van der Waals surface area contributed by atoms with Crippen molar-refractivity contribution in [3.8, 4) is 0 Å². The number of rotatable bonds is 15. The van der Waals surface area contributed by atoms with E-state index >= 15 is 0 Å². The highest BCUT2D eigenvalue weighted by molar-refractivity contribution is 8.62. The quantitative estimate of drug-likeness (QED) is 0.234. The highest BCUT2D eigenvalue weighted by atomic mass is 33.1. The van der Waals surface area contributed by atoms with Crippen LogP contribution < -0.4 is 0 Å². The summed E-state index contributed by atoms with van der Waals surface area (Å²) in [5.41, 5.74) is -0.577. The molecule has 0 bridgehead atoms. The van der Waals surface area contributed by atoms with Crippen LogP contribution in [0.5, 0.6) is 0 Å². The normalized spacial score (nSPS) is 17.0. The summed E-state index contributed by atoms with van der Waals surface area (Å²) in [4.78, 5) is 0. The number of aliphatic hydroxyl groups is 1. The van der Waals surface area contributed by atoms with Crippen LogP contribution in [0.4, 0.5) is 0 Å². The minimum absolute atomic E-state index is 0.212. The zero-order valence-electron chi connectivity index (χ0n) is 19.4. The van der Waals surface area contributed by atoms with E-state index in [0.29, 0.717) is 31.6 Å². The van der Waals surface area contributed by atoms with Crippen molar-refractivity contribution in [2.75, 3.05) is 20.7 Å². The van der Waals surface area contributed by atoms with E-state index in [9.17, 15) is 21.9 Å². The molecule has 0 aromatic carbocycles. The van der Waals surface area contributed by atoms with Gasteiger partial charge in [-0.1, -0.05) is 20.8 Å². The first-order chi connectivity index (χ1) is 13.5. The van der Waals surface area contributed by atoms with Gasteiger partial charge in [-0.25, -0.2) is 16.8 Å². The largest absolute Gasteiger partial charge is 0.395 e. The number of hydrogen-bond acceptors (Lipinski definition) is 6. The summed E-state index contributed by atoms with van der Waals surface area (Å²) >= 11 is 8.01. The van der Waals surface area contributed by atoms with E-state index in [1.807, 2.05) is 20.8 Å². The zero-order valence-corrected chi connectivity index (χ0v) is 22.9. The van der Waals surface area contributed by atoms with Crippen molar-refractivity contribution in [2.45, 2.75) is 89.3 Å². The van der Waals surface area contributed by atoms with Gasteiger partial charge in [0.05, 0.1) is 6.61 Å². The van der Waals surface area contributed by atoms with Gasteiger partial charge in [0.1, 0.15) is 4.58 Å². The third-order valence-corrected chi connectivity index (χ3v) is 10.9. The first-order valence-corrected chi connectivity index (χ1v) is 14.9. The molecule has 0 saturated heterocycles. The minimum Gasteiger partial charge on any atom is -0.395 e. The Morgan fingerprint density at radius 1 is 0.933 bits per heavy atom. The Morgan fingerprint density at radius 2 is 1.47 bits per heavy atom. The number of sulfonamides is 1. The topological polar surface area (TPSA) is 95.0 Å². The third kappa shape index (κ3) is 9.95. The Labute approximate surface area is 195 Å². The summed E-state index contributed by atoms with van der Waals surface area (Å²) < 4.78 is 50.7. The molecule has 11 heteroatoms. The molecule has 0 aliphatic rings. The van der Waals surface area contributed by atoms with E-state index < -0.39 is 35.2 Å². The molecule has 3 atom stereocenters. The van der Waals surface area contributed by atoms with Gasteiger partial charge in [0.2, 0.25) is 10.0 Å². The predicted molar refractivity (Wildman–Crippen MR) is 132 cm³/mol. The lowest BCUT2D eigenvalue weighted by Crippen LogP contribution is -2.43. The van der Waals surface area contributed by atoms with Gasteiger partial charge in [0, 0.05) is 25.7 Å². The maximum atomic E-state index is 12.9. The van der Waals surface area contributed by atoms with Crippen molar-refractivity contribution in [3.05, 3.63) is 0 Å². The Kier molecular flexibility index (Phi) is 12.9. The lowest BCUT2D eigenvalue weighted by molar-refractivity contribution is 0.188. The number of aliphatic hydroxyl groups excluding tert-OH is 1. The first-order valence-electron chi connectivity index (χ1n) is 10.4. The molecule has 0 saturated carbocycles. The molecule has 0 heterocycles. The second-order valence-electron chi connectivity index (χ2n) is 9.30. The molecular formula is C19H42N2O5S4. The molecule has 7 nitrogen and oxygen atoms in total. The van der Waals surface area contributed by atoms with Crippen LogP contribution in [0.15, 0.2) is 0 Å². The highest BCUT2D eigenvalue weighted by Crippen LogP contribution is 2.29. The van der Waals surface area contributed by atoms with Crippen molar-refractivity contribution in [2.24, 2.45) is 11.8 Å². The van der Waals surface area contributed by atoms with Crippen LogP contribution in [0.3, 0.4) is 0 Å². The molecule has 182 valence electrons. The van der Waals surface area contributed by atoms with E-state index in [4.69, 9.17) is 0 Å². The van der Waals surface area contributed by atoms with E-state index in [1.165, 1.54) is 22.7 Å². The Morgan fingerprint density at radius 3 is 1.90 bits per heavy atom. The van der Waals surface area contributed by atoms with Crippen LogP contribution in [0.2, 0.25) is 0 Å². The van der Waals surface area contributed by atoms with Crippen molar-refractivity contribution < 1.29 is 21.9 Å². The fourth-order valence-corrected chi connectivity index (χ4v) is 6.48. The maximum absolute atomic E-state index is 12.9. The average molecular weight is 507 g/mol. The fraction of sp³-hybridized carbons (Fsp3) is 1.00. The minimum atomic E-state index is -3.63. The van der Waals surface area contributed by atoms with E-state index in [2.05, 4.69) is 38.1 Å². The molecule has 0 fully saturated rings. The second-order valence-corrected chi connectivity index (χ2v) is 15.3. The molecule has 0 aliphatic heterocycles. The van der Waals surface area contributed by atoms with Crippen LogP contribution in [0, 0.1) is 11.8 Å². The van der Waals surface area contributed by atoms with Gasteiger partial charge < -0.3 is 5.11 Å². The lowest BCUT2D eigenvalue weighted by Gasteiger charge is -2.34. The van der Waals surface area contributed by atoms with Gasteiger partial charge in [0.15, 0.2) is 0 Å². The summed E-state index contributed by atoms with van der Waals surface area (Å²) in [5.74, 6) is 0.647. The molecule has 0 aliphatic carbocycles. The molecule has 1 N–H and O–H groups in total. The summed E-state index contributed by atoms with van der Waals surface area (Å²) in [6.07, 6.45) is 3.88. The molecule has 0 aromatic rings. The van der Waals surface area contributed by atoms with Crippen LogP contribution >= 0.6 is 24.3 Å². The molecule has 0 spiro atoms. The van der Waals surface area contributed by atoms with Crippen LogP contribution in [-0.2, 0) is 19.1 Å². The predicted octanol–water partition coefficient (Wildman–Crippen LogP) is 3.38. The summed E-state index contributed by atoms with van der Waals surface area (Å²) in [7, 11) is -4.18. The number of likely N-dealkylation sites (N-methyl/N-ethyl adjacent to an activating group) is 1. The van der Waals surface area contributed by atoms with Crippen molar-refractivity contribution in [3.63, 3.8) is 0 Å². The third-order valence-electron chi connectivity index (χ3n) is 5.90. The molecule has 0 aromatic heterocycles. The molecule has 0 rings (SSSR count). The molecule has 30 heavy (non-hydrogen) atoms. The second kappa shape index (κ2) is 12.6. The van der Waals surface area contributed by atoms with Gasteiger partial charge in [-0.05, 0) is 75.9 Å². The Bertz CT molecular complexity index is 710. The molecule has 0 radical (unpaired) electrons. The van der Waals surface area contributed by atoms with Crippen molar-refractivity contribution in [1.82, 2.24) is 8.61 Å². The summed E-state index contributed by atoms with van der Waals surface area (Å²) in [6.45, 7) is 9.64. The SMILES string of the molecule is CC(C)CC[C@H](CO)N(C)S(=O)(=O)[C@@H](S)CCC(C)CCC(C)(C)N(C)S(=O)(=O)S. The van der Waals surface area contributed by atoms with Crippen LogP contribution in [0.25, 0.3) is 0 Å². The molecular weight excluding hydrogens is 464 g/mol.